The number of nitrogens with one attached hydrogen (secondary N) is 2. The highest BCUT2D eigenvalue weighted by molar-refractivity contribution is 5.53. The molecule has 1 saturated heterocycles. The molecular weight excluding hydrogens is 252 g/mol. The Labute approximate surface area is 121 Å². The van der Waals surface area contributed by atoms with Crippen molar-refractivity contribution in [3.05, 3.63) is 6.07 Å². The topological polar surface area (TPSA) is 79.1 Å². The first-order valence-corrected chi connectivity index (χ1v) is 7.18. The molecule has 0 radical (unpaired) electrons. The fraction of sp³-hybridized carbons (Fsp3) is 0.714. The van der Waals surface area contributed by atoms with Gasteiger partial charge in [-0.15, -0.1) is 0 Å². The van der Waals surface area contributed by atoms with Crippen molar-refractivity contribution in [1.29, 1.82) is 0 Å². The number of anilines is 3. The number of nitrogens with zero attached hydrogens (tertiary/aromatic N) is 3. The Hall–Kier alpha value is -1.56. The maximum Gasteiger partial charge on any atom is 0.223 e. The van der Waals surface area contributed by atoms with Crippen molar-refractivity contribution in [3.63, 3.8) is 0 Å². The third-order valence-electron chi connectivity index (χ3n) is 3.45. The first-order valence-electron chi connectivity index (χ1n) is 7.18. The van der Waals surface area contributed by atoms with E-state index < -0.39 is 0 Å². The normalized spacial score (nSPS) is 19.4. The summed E-state index contributed by atoms with van der Waals surface area (Å²) in [6, 6.07) is 2.51. The van der Waals surface area contributed by atoms with Crippen LogP contribution in [0, 0.1) is 5.41 Å². The van der Waals surface area contributed by atoms with Gasteiger partial charge in [0, 0.05) is 31.7 Å². The van der Waals surface area contributed by atoms with Gasteiger partial charge in [0.15, 0.2) is 0 Å². The van der Waals surface area contributed by atoms with Gasteiger partial charge in [-0.1, -0.05) is 20.8 Å². The Kier molecular flexibility index (Phi) is 4.32. The predicted molar refractivity (Wildman–Crippen MR) is 84.1 cm³/mol. The minimum Gasteiger partial charge on any atom is -0.369 e. The third kappa shape index (κ3) is 3.96. The maximum absolute atomic E-state index is 5.83. The molecule has 1 fully saturated rings. The van der Waals surface area contributed by atoms with E-state index in [0.717, 1.165) is 37.7 Å². The highest BCUT2D eigenvalue weighted by atomic mass is 15.3. The van der Waals surface area contributed by atoms with Gasteiger partial charge in [-0.2, -0.15) is 9.97 Å². The molecule has 0 aromatic carbocycles. The molecule has 0 bridgehead atoms. The number of nitrogen functional groups attached to an aromatic ring is 1. The first-order chi connectivity index (χ1) is 9.37. The van der Waals surface area contributed by atoms with Gasteiger partial charge in [-0.25, -0.2) is 0 Å². The number of nitrogens with two attached hydrogens (primary N) is 1. The highest BCUT2D eigenvalue weighted by Gasteiger charge is 2.23. The molecule has 0 unspecified atom stereocenters. The van der Waals surface area contributed by atoms with E-state index in [2.05, 4.69) is 46.3 Å². The van der Waals surface area contributed by atoms with Gasteiger partial charge in [0.2, 0.25) is 5.95 Å². The Morgan fingerprint density at radius 1 is 1.40 bits per heavy atom. The summed E-state index contributed by atoms with van der Waals surface area (Å²) in [6.07, 6.45) is 1.13. The molecular formula is C14H26N6. The molecule has 0 amide bonds. The van der Waals surface area contributed by atoms with E-state index in [0.29, 0.717) is 12.0 Å². The van der Waals surface area contributed by atoms with Crippen LogP contribution in [-0.2, 0) is 0 Å². The van der Waals surface area contributed by atoms with Crippen LogP contribution in [0.2, 0.25) is 0 Å². The first kappa shape index (κ1) is 14.8. The van der Waals surface area contributed by atoms with Gasteiger partial charge in [-0.05, 0) is 18.9 Å². The van der Waals surface area contributed by atoms with E-state index in [1.165, 1.54) is 0 Å². The van der Waals surface area contributed by atoms with Crippen molar-refractivity contribution in [2.24, 2.45) is 5.41 Å². The molecule has 4 N–H and O–H groups in total. The highest BCUT2D eigenvalue weighted by Crippen LogP contribution is 2.22. The van der Waals surface area contributed by atoms with Crippen molar-refractivity contribution in [2.75, 3.05) is 42.6 Å². The van der Waals surface area contributed by atoms with Crippen LogP contribution >= 0.6 is 0 Å². The third-order valence-corrected chi connectivity index (χ3v) is 3.45. The van der Waals surface area contributed by atoms with Crippen molar-refractivity contribution in [3.8, 4) is 0 Å². The summed E-state index contributed by atoms with van der Waals surface area (Å²) < 4.78 is 0. The molecule has 0 spiro atoms. The smallest absolute Gasteiger partial charge is 0.223 e. The largest absolute Gasteiger partial charge is 0.369 e. The van der Waals surface area contributed by atoms with E-state index in [9.17, 15) is 0 Å². The average molecular weight is 278 g/mol. The van der Waals surface area contributed by atoms with Crippen molar-refractivity contribution < 1.29 is 0 Å². The molecule has 112 valence electrons. The van der Waals surface area contributed by atoms with Crippen LogP contribution in [0.15, 0.2) is 6.07 Å². The number of hydrogen-bond acceptors (Lipinski definition) is 6. The van der Waals surface area contributed by atoms with Crippen LogP contribution in [0.1, 0.15) is 27.2 Å². The minimum absolute atomic E-state index is 0.199. The molecule has 1 aliphatic rings. The number of rotatable bonds is 4. The van der Waals surface area contributed by atoms with Gasteiger partial charge >= 0.3 is 0 Å². The van der Waals surface area contributed by atoms with Crippen molar-refractivity contribution in [1.82, 2.24) is 15.3 Å². The number of likely N-dealkylation sites (N-methyl/N-ethyl adjacent to an activating group) is 1. The van der Waals surface area contributed by atoms with Crippen LogP contribution in [0.3, 0.4) is 0 Å². The average Bonchev–Trinajstić information content (AvgIpc) is 2.84. The Bertz CT molecular complexity index is 453. The maximum atomic E-state index is 5.83. The molecule has 2 heterocycles. The Morgan fingerprint density at radius 3 is 2.75 bits per heavy atom. The molecule has 0 aliphatic carbocycles. The Morgan fingerprint density at radius 2 is 2.15 bits per heavy atom. The molecule has 1 aromatic heterocycles. The van der Waals surface area contributed by atoms with Crippen molar-refractivity contribution >= 4 is 17.6 Å². The molecule has 1 aromatic rings. The second-order valence-corrected chi connectivity index (χ2v) is 6.60. The zero-order valence-electron chi connectivity index (χ0n) is 12.9. The molecule has 1 aliphatic heterocycles. The lowest BCUT2D eigenvalue weighted by atomic mass is 9.97. The molecule has 0 saturated carbocycles. The Balaban J connectivity index is 2.09. The summed E-state index contributed by atoms with van der Waals surface area (Å²) in [7, 11) is 2.00. The molecule has 20 heavy (non-hydrogen) atoms. The molecule has 6 nitrogen and oxygen atoms in total. The van der Waals surface area contributed by atoms with E-state index in [-0.39, 0.29) is 5.41 Å². The van der Waals surface area contributed by atoms with Crippen molar-refractivity contribution in [2.45, 2.75) is 33.2 Å². The van der Waals surface area contributed by atoms with Crippen LogP contribution in [0.4, 0.5) is 17.6 Å². The standard InChI is InChI=1S/C14H26N6/c1-14(2,3)9-17-11-7-12(19-13(15)18-11)20-6-5-10(8-20)16-4/h7,10,16H,5-6,8-9H2,1-4H3,(H3,15,17,18,19)/t10-/m1/s1. The number of hydrogen-bond donors (Lipinski definition) is 3. The summed E-state index contributed by atoms with van der Waals surface area (Å²) in [6.45, 7) is 9.37. The van der Waals surface area contributed by atoms with E-state index in [1.807, 2.05) is 13.1 Å². The van der Waals surface area contributed by atoms with Gasteiger partial charge in [-0.3, -0.25) is 0 Å². The lowest BCUT2D eigenvalue weighted by Gasteiger charge is -2.21. The van der Waals surface area contributed by atoms with E-state index >= 15 is 0 Å². The zero-order valence-corrected chi connectivity index (χ0v) is 12.9. The monoisotopic (exact) mass is 278 g/mol. The SMILES string of the molecule is CN[C@@H]1CCN(c2cc(NCC(C)(C)C)nc(N)n2)C1. The zero-order chi connectivity index (χ0) is 14.8. The lowest BCUT2D eigenvalue weighted by Crippen LogP contribution is -2.30. The number of aromatic nitrogens is 2. The summed E-state index contributed by atoms with van der Waals surface area (Å²) in [5, 5.41) is 6.65. The van der Waals surface area contributed by atoms with Crippen LogP contribution < -0.4 is 21.3 Å². The molecule has 1 atom stereocenters. The fourth-order valence-electron chi connectivity index (χ4n) is 2.26. The summed E-state index contributed by atoms with van der Waals surface area (Å²) in [4.78, 5) is 10.9. The quantitative estimate of drug-likeness (QED) is 0.771. The second-order valence-electron chi connectivity index (χ2n) is 6.60. The summed E-state index contributed by atoms with van der Waals surface area (Å²) >= 11 is 0. The van der Waals surface area contributed by atoms with Crippen LogP contribution in [-0.4, -0.2) is 42.7 Å². The second kappa shape index (κ2) is 5.83. The summed E-state index contributed by atoms with van der Waals surface area (Å²) in [5.41, 5.74) is 6.03. The lowest BCUT2D eigenvalue weighted by molar-refractivity contribution is 0.442. The summed E-state index contributed by atoms with van der Waals surface area (Å²) in [5.74, 6) is 2.04. The molecule has 2 rings (SSSR count). The van der Waals surface area contributed by atoms with Gasteiger partial charge in [0.1, 0.15) is 11.6 Å². The minimum atomic E-state index is 0.199. The van der Waals surface area contributed by atoms with E-state index in [1.54, 1.807) is 0 Å². The fourth-order valence-corrected chi connectivity index (χ4v) is 2.26. The predicted octanol–water partition coefficient (Wildman–Crippen LogP) is 1.31. The molecule has 6 heteroatoms. The van der Waals surface area contributed by atoms with Crippen LogP contribution in [0.25, 0.3) is 0 Å². The van der Waals surface area contributed by atoms with Gasteiger partial charge in [0.25, 0.3) is 0 Å². The van der Waals surface area contributed by atoms with Crippen LogP contribution in [0.5, 0.6) is 0 Å². The van der Waals surface area contributed by atoms with E-state index in [4.69, 9.17) is 5.73 Å². The van der Waals surface area contributed by atoms with Gasteiger partial charge in [0.05, 0.1) is 0 Å². The van der Waals surface area contributed by atoms with Gasteiger partial charge < -0.3 is 21.3 Å².